The quantitative estimate of drug-likeness (QED) is 0.577. The van der Waals surface area contributed by atoms with Crippen LogP contribution in [0.25, 0.3) is 0 Å². The molecule has 0 amide bonds. The predicted octanol–water partition coefficient (Wildman–Crippen LogP) is 5.27. The smallest absolute Gasteiger partial charge is 0.0487 e. The number of methoxy groups -OCH3 is 1. The maximum atomic E-state index is 5.20. The largest absolute Gasteiger partial charge is 0.385 e. The minimum absolute atomic E-state index is 0. The summed E-state index contributed by atoms with van der Waals surface area (Å²) >= 11 is 0. The van der Waals surface area contributed by atoms with Gasteiger partial charge in [0.15, 0.2) is 0 Å². The summed E-state index contributed by atoms with van der Waals surface area (Å²) in [4.78, 5) is 0. The van der Waals surface area contributed by atoms with Gasteiger partial charge in [-0.25, -0.2) is 0 Å². The van der Waals surface area contributed by atoms with Gasteiger partial charge in [0.2, 0.25) is 0 Å². The summed E-state index contributed by atoms with van der Waals surface area (Å²) in [6.45, 7) is 4.63. The molecule has 0 aromatic heterocycles. The Balaban J connectivity index is -0.0000000213. The van der Waals surface area contributed by atoms with Crippen molar-refractivity contribution in [3.8, 4) is 0 Å². The number of hydrogen-bond donors (Lipinski definition) is 0. The Morgan fingerprint density at radius 2 is 1.20 bits per heavy atom. The van der Waals surface area contributed by atoms with Crippen LogP contribution in [0.4, 0.5) is 0 Å². The second-order valence-corrected chi connectivity index (χ2v) is 1.96. The molecule has 2 nitrogen and oxygen atoms in total. The molecule has 0 radical (unpaired) electrons. The molecule has 0 unspecified atom stereocenters. The van der Waals surface area contributed by atoms with E-state index in [9.17, 15) is 0 Å². The second-order valence-electron chi connectivity index (χ2n) is 1.96. The van der Waals surface area contributed by atoms with Gasteiger partial charge >= 0.3 is 0 Å². The summed E-state index contributed by atoms with van der Waals surface area (Å²) in [6, 6.07) is 0. The fourth-order valence-corrected chi connectivity index (χ4v) is 0.552. The summed E-state index contributed by atoms with van der Waals surface area (Å²) in [5, 5.41) is 0. The van der Waals surface area contributed by atoms with E-state index < -0.39 is 0 Å². The highest BCUT2D eigenvalue weighted by atomic mass is 16.5. The first-order valence-corrected chi connectivity index (χ1v) is 3.48. The van der Waals surface area contributed by atoms with E-state index in [1.807, 2.05) is 0 Å². The molecule has 0 bridgehead atoms. The molecule has 0 aromatic rings. The molecule has 104 valence electrons. The first-order valence-electron chi connectivity index (χ1n) is 3.48. The molecule has 0 saturated carbocycles. The van der Waals surface area contributed by atoms with Crippen LogP contribution >= 0.6 is 0 Å². The molecule has 0 aliphatic rings. The number of rotatable bonds is 6. The van der Waals surface area contributed by atoms with Crippen molar-refractivity contribution in [1.29, 1.82) is 0 Å². The molecule has 0 N–H and O–H groups in total. The molecule has 0 saturated heterocycles. The van der Waals surface area contributed by atoms with Gasteiger partial charge in [-0.05, 0) is 12.8 Å². The van der Waals surface area contributed by atoms with Crippen LogP contribution < -0.4 is 0 Å². The average Bonchev–Trinajstić information content (AvgIpc) is 1.89. The Bertz CT molecular complexity index is 41.8. The topological polar surface area (TPSA) is 18.5 Å². The standard InChI is InChI=1S/C7H16O2.6CH4/c1-3-5-9-7-4-6-8-2;;;;;;/h3-7H2,1-2H3;6*1H4. The van der Waals surface area contributed by atoms with Crippen LogP contribution in [0.3, 0.4) is 0 Å². The maximum Gasteiger partial charge on any atom is 0.0487 e. The van der Waals surface area contributed by atoms with Crippen molar-refractivity contribution in [1.82, 2.24) is 0 Å². The van der Waals surface area contributed by atoms with Crippen LogP contribution in [-0.2, 0) is 9.47 Å². The molecular weight excluding hydrogens is 188 g/mol. The van der Waals surface area contributed by atoms with Gasteiger partial charge in [-0.1, -0.05) is 51.5 Å². The lowest BCUT2D eigenvalue weighted by Gasteiger charge is -1.99. The fraction of sp³-hybridized carbons (Fsp3) is 1.00. The van der Waals surface area contributed by atoms with Crippen molar-refractivity contribution in [2.75, 3.05) is 26.9 Å². The summed E-state index contributed by atoms with van der Waals surface area (Å²) in [5.41, 5.74) is 0. The first kappa shape index (κ1) is 46.1. The Morgan fingerprint density at radius 1 is 0.733 bits per heavy atom. The van der Waals surface area contributed by atoms with Crippen LogP contribution in [0.2, 0.25) is 0 Å². The van der Waals surface area contributed by atoms with E-state index in [0.717, 1.165) is 32.7 Å². The van der Waals surface area contributed by atoms with Gasteiger partial charge in [0, 0.05) is 26.9 Å². The third kappa shape index (κ3) is 56.4. The van der Waals surface area contributed by atoms with E-state index in [4.69, 9.17) is 9.47 Å². The van der Waals surface area contributed by atoms with Crippen LogP contribution in [0.1, 0.15) is 64.3 Å². The van der Waals surface area contributed by atoms with Crippen molar-refractivity contribution in [3.05, 3.63) is 0 Å². The summed E-state index contributed by atoms with van der Waals surface area (Å²) in [5.74, 6) is 0. The van der Waals surface area contributed by atoms with Crippen LogP contribution in [0.15, 0.2) is 0 Å². The molecule has 0 fully saturated rings. The fourth-order valence-electron chi connectivity index (χ4n) is 0.552. The first-order chi connectivity index (χ1) is 4.41. The van der Waals surface area contributed by atoms with E-state index in [0.29, 0.717) is 0 Å². The minimum Gasteiger partial charge on any atom is -0.385 e. The molecule has 0 heterocycles. The molecule has 15 heavy (non-hydrogen) atoms. The van der Waals surface area contributed by atoms with E-state index >= 15 is 0 Å². The van der Waals surface area contributed by atoms with Gasteiger partial charge < -0.3 is 9.47 Å². The second kappa shape index (κ2) is 48.5. The third-order valence-electron chi connectivity index (χ3n) is 0.986. The van der Waals surface area contributed by atoms with Crippen molar-refractivity contribution in [3.63, 3.8) is 0 Å². The lowest BCUT2D eigenvalue weighted by atomic mass is 10.5. The molecule has 0 aromatic carbocycles. The Hall–Kier alpha value is -0.0800. The Kier molecular flexibility index (Phi) is 149. The zero-order chi connectivity index (χ0) is 6.95. The minimum atomic E-state index is 0. The van der Waals surface area contributed by atoms with Crippen molar-refractivity contribution in [2.45, 2.75) is 64.3 Å². The van der Waals surface area contributed by atoms with Crippen molar-refractivity contribution < 1.29 is 9.47 Å². The Morgan fingerprint density at radius 3 is 1.53 bits per heavy atom. The van der Waals surface area contributed by atoms with Gasteiger partial charge in [-0.2, -0.15) is 0 Å². The molecule has 0 atom stereocenters. The van der Waals surface area contributed by atoms with E-state index in [2.05, 4.69) is 6.92 Å². The van der Waals surface area contributed by atoms with Gasteiger partial charge in [-0.15, -0.1) is 0 Å². The van der Waals surface area contributed by atoms with Crippen LogP contribution in [-0.4, -0.2) is 26.9 Å². The highest BCUT2D eigenvalue weighted by Crippen LogP contribution is 1.84. The van der Waals surface area contributed by atoms with Crippen LogP contribution in [0.5, 0.6) is 0 Å². The lowest BCUT2D eigenvalue weighted by molar-refractivity contribution is 0.103. The van der Waals surface area contributed by atoms with Gasteiger partial charge in [-0.3, -0.25) is 0 Å². The van der Waals surface area contributed by atoms with Gasteiger partial charge in [0.05, 0.1) is 0 Å². The monoisotopic (exact) mass is 228 g/mol. The Labute approximate surface area is 101 Å². The summed E-state index contributed by atoms with van der Waals surface area (Å²) < 4.78 is 10.0. The van der Waals surface area contributed by atoms with Gasteiger partial charge in [0.1, 0.15) is 0 Å². The highest BCUT2D eigenvalue weighted by Gasteiger charge is 1.84. The third-order valence-corrected chi connectivity index (χ3v) is 0.986. The predicted molar refractivity (Wildman–Crippen MR) is 78.0 cm³/mol. The van der Waals surface area contributed by atoms with E-state index in [1.165, 1.54) is 0 Å². The number of ether oxygens (including phenoxy) is 2. The van der Waals surface area contributed by atoms with Gasteiger partial charge in [0.25, 0.3) is 0 Å². The molecule has 0 spiro atoms. The summed E-state index contributed by atoms with van der Waals surface area (Å²) in [6.07, 6.45) is 2.11. The SMILES string of the molecule is C.C.C.C.C.C.CCCOCCCOC. The molecule has 0 aliphatic heterocycles. The number of hydrogen-bond acceptors (Lipinski definition) is 2. The zero-order valence-corrected chi connectivity index (χ0v) is 6.35. The van der Waals surface area contributed by atoms with Crippen molar-refractivity contribution >= 4 is 0 Å². The summed E-state index contributed by atoms with van der Waals surface area (Å²) in [7, 11) is 1.71. The van der Waals surface area contributed by atoms with E-state index in [-0.39, 0.29) is 44.6 Å². The molecular formula is C13H40O2. The molecule has 0 aliphatic carbocycles. The van der Waals surface area contributed by atoms with E-state index in [1.54, 1.807) is 7.11 Å². The van der Waals surface area contributed by atoms with Crippen LogP contribution in [0, 0.1) is 0 Å². The lowest BCUT2D eigenvalue weighted by Crippen LogP contribution is -1.99. The normalized spacial score (nSPS) is 6.00. The van der Waals surface area contributed by atoms with Crippen molar-refractivity contribution in [2.24, 2.45) is 0 Å². The highest BCUT2D eigenvalue weighted by molar-refractivity contribution is 4.32. The zero-order valence-electron chi connectivity index (χ0n) is 6.35. The average molecular weight is 228 g/mol. The maximum absolute atomic E-state index is 5.20. The molecule has 0 rings (SSSR count). The molecule has 2 heteroatoms.